The number of hydrogen-bond donors (Lipinski definition) is 1. The number of nitrogens with one attached hydrogen (secondary N) is 1. The molecule has 0 fully saturated rings. The molecule has 0 saturated carbocycles. The molecule has 1 unspecified atom stereocenters. The summed E-state index contributed by atoms with van der Waals surface area (Å²) >= 11 is 0. The van der Waals surface area contributed by atoms with E-state index >= 15 is 0 Å². The summed E-state index contributed by atoms with van der Waals surface area (Å²) in [6.07, 6.45) is 0.0121. The monoisotopic (exact) mass is 367 g/mol. The molecule has 1 amide bonds. The van der Waals surface area contributed by atoms with Gasteiger partial charge in [0.05, 0.1) is 18.6 Å². The summed E-state index contributed by atoms with van der Waals surface area (Å²) < 4.78 is 5.20. The average molecular weight is 367 g/mol. The Balaban J connectivity index is 1.96. The molecule has 0 aliphatic rings. The molecule has 5 nitrogen and oxygen atoms in total. The quantitative estimate of drug-likeness (QED) is 0.540. The van der Waals surface area contributed by atoms with Crippen molar-refractivity contribution in [3.05, 3.63) is 71.8 Å². The third-order valence-electron chi connectivity index (χ3n) is 3.95. The minimum atomic E-state index is -0.489. The van der Waals surface area contributed by atoms with Crippen molar-refractivity contribution in [2.75, 3.05) is 0 Å². The van der Waals surface area contributed by atoms with Gasteiger partial charge in [0.2, 0.25) is 5.91 Å². The summed E-state index contributed by atoms with van der Waals surface area (Å²) in [5, 5.41) is 2.85. The summed E-state index contributed by atoms with van der Waals surface area (Å²) in [5.74, 6) is -0.730. The van der Waals surface area contributed by atoms with Crippen LogP contribution >= 0.6 is 0 Å². The maximum absolute atomic E-state index is 12.4. The van der Waals surface area contributed by atoms with Gasteiger partial charge >= 0.3 is 5.97 Å². The van der Waals surface area contributed by atoms with Gasteiger partial charge in [-0.15, -0.1) is 0 Å². The van der Waals surface area contributed by atoms with Gasteiger partial charge in [-0.1, -0.05) is 60.7 Å². The number of carbonyl (C=O) groups is 3. The molecule has 0 saturated heterocycles. The molecule has 1 atom stereocenters. The van der Waals surface area contributed by atoms with Crippen LogP contribution < -0.4 is 5.32 Å². The molecular formula is C22H25NO4. The predicted octanol–water partition coefficient (Wildman–Crippen LogP) is 3.85. The van der Waals surface area contributed by atoms with Crippen LogP contribution in [-0.4, -0.2) is 23.8 Å². The largest absolute Gasteiger partial charge is 0.463 e. The van der Waals surface area contributed by atoms with E-state index in [0.717, 1.165) is 5.56 Å². The molecule has 0 spiro atoms. The van der Waals surface area contributed by atoms with Gasteiger partial charge in [0.25, 0.3) is 0 Å². The van der Waals surface area contributed by atoms with Gasteiger partial charge in [-0.2, -0.15) is 0 Å². The molecule has 0 bridgehead atoms. The van der Waals surface area contributed by atoms with E-state index in [0.29, 0.717) is 5.56 Å². The summed E-state index contributed by atoms with van der Waals surface area (Å²) in [6.45, 7) is 3.56. The van der Waals surface area contributed by atoms with E-state index in [1.54, 1.807) is 38.1 Å². The van der Waals surface area contributed by atoms with Crippen molar-refractivity contribution in [2.24, 2.45) is 0 Å². The first-order chi connectivity index (χ1) is 13.0. The zero-order valence-corrected chi connectivity index (χ0v) is 15.7. The number of benzene rings is 2. The fourth-order valence-corrected chi connectivity index (χ4v) is 2.68. The standard InChI is InChI=1S/C22H25NO4/c1-16(2)27-22(26)15-19(17-9-5-3-6-10-17)23-21(25)14-13-20(24)18-11-7-4-8-12-18/h3-12,16,19H,13-15H2,1-2H3,(H,23,25). The number of ketones is 1. The van der Waals surface area contributed by atoms with Gasteiger partial charge in [-0.05, 0) is 19.4 Å². The molecule has 0 aromatic heterocycles. The Bertz CT molecular complexity index is 756. The highest BCUT2D eigenvalue weighted by Gasteiger charge is 2.20. The van der Waals surface area contributed by atoms with Gasteiger partial charge in [0.15, 0.2) is 5.78 Å². The zero-order chi connectivity index (χ0) is 19.6. The maximum atomic E-state index is 12.4. The van der Waals surface area contributed by atoms with E-state index in [1.165, 1.54) is 0 Å². The molecule has 142 valence electrons. The Morgan fingerprint density at radius 3 is 2.07 bits per heavy atom. The lowest BCUT2D eigenvalue weighted by Gasteiger charge is -2.19. The lowest BCUT2D eigenvalue weighted by molar-refractivity contribution is -0.148. The van der Waals surface area contributed by atoms with Gasteiger partial charge < -0.3 is 10.1 Å². The third kappa shape index (κ3) is 7.05. The van der Waals surface area contributed by atoms with Gasteiger partial charge in [0.1, 0.15) is 0 Å². The van der Waals surface area contributed by atoms with Gasteiger partial charge in [-0.25, -0.2) is 0 Å². The van der Waals surface area contributed by atoms with Crippen LogP contribution in [0.2, 0.25) is 0 Å². The Labute approximate surface area is 159 Å². The summed E-state index contributed by atoms with van der Waals surface area (Å²) in [7, 11) is 0. The normalized spacial score (nSPS) is 11.7. The molecule has 5 heteroatoms. The minimum Gasteiger partial charge on any atom is -0.463 e. The van der Waals surface area contributed by atoms with Crippen LogP contribution in [0.4, 0.5) is 0 Å². The highest BCUT2D eigenvalue weighted by Crippen LogP contribution is 2.18. The summed E-state index contributed by atoms with van der Waals surface area (Å²) in [6, 6.07) is 17.7. The van der Waals surface area contributed by atoms with E-state index in [-0.39, 0.29) is 43.0 Å². The van der Waals surface area contributed by atoms with Crippen LogP contribution in [0.1, 0.15) is 55.1 Å². The van der Waals surface area contributed by atoms with Crippen LogP contribution in [-0.2, 0) is 14.3 Å². The van der Waals surface area contributed by atoms with Crippen LogP contribution in [0, 0.1) is 0 Å². The summed E-state index contributed by atoms with van der Waals surface area (Å²) in [5.41, 5.74) is 1.41. The second-order valence-corrected chi connectivity index (χ2v) is 6.56. The highest BCUT2D eigenvalue weighted by molar-refractivity contribution is 5.97. The lowest BCUT2D eigenvalue weighted by atomic mass is 10.0. The predicted molar refractivity (Wildman–Crippen MR) is 103 cm³/mol. The third-order valence-corrected chi connectivity index (χ3v) is 3.95. The maximum Gasteiger partial charge on any atom is 0.308 e. The molecule has 1 N–H and O–H groups in total. The van der Waals surface area contributed by atoms with Gasteiger partial charge in [0, 0.05) is 18.4 Å². The molecule has 0 heterocycles. The fourth-order valence-electron chi connectivity index (χ4n) is 2.68. The Hall–Kier alpha value is -2.95. The second-order valence-electron chi connectivity index (χ2n) is 6.56. The summed E-state index contributed by atoms with van der Waals surface area (Å²) in [4.78, 5) is 36.5. The Morgan fingerprint density at radius 2 is 1.48 bits per heavy atom. The SMILES string of the molecule is CC(C)OC(=O)CC(NC(=O)CCC(=O)c1ccccc1)c1ccccc1. The topological polar surface area (TPSA) is 72.5 Å². The molecule has 27 heavy (non-hydrogen) atoms. The van der Waals surface area contributed by atoms with E-state index in [1.807, 2.05) is 36.4 Å². The van der Waals surface area contributed by atoms with E-state index in [4.69, 9.17) is 4.74 Å². The van der Waals surface area contributed by atoms with Crippen molar-refractivity contribution in [2.45, 2.75) is 45.3 Å². The van der Waals surface area contributed by atoms with Crippen molar-refractivity contribution in [1.29, 1.82) is 0 Å². The minimum absolute atomic E-state index is 0.0422. The Kier molecular flexibility index (Phi) is 7.74. The van der Waals surface area contributed by atoms with Crippen molar-refractivity contribution in [3.8, 4) is 0 Å². The smallest absolute Gasteiger partial charge is 0.308 e. The number of rotatable bonds is 9. The first-order valence-corrected chi connectivity index (χ1v) is 9.07. The molecule has 2 aromatic carbocycles. The number of Topliss-reactive ketones (excluding diaryl/α,β-unsaturated/α-hetero) is 1. The molecular weight excluding hydrogens is 342 g/mol. The first-order valence-electron chi connectivity index (χ1n) is 9.07. The molecule has 0 aliphatic carbocycles. The molecule has 0 radical (unpaired) electrons. The van der Waals surface area contributed by atoms with Crippen molar-refractivity contribution >= 4 is 17.7 Å². The van der Waals surface area contributed by atoms with Crippen LogP contribution in [0.25, 0.3) is 0 Å². The molecule has 0 aliphatic heterocycles. The van der Waals surface area contributed by atoms with Crippen LogP contribution in [0.5, 0.6) is 0 Å². The van der Waals surface area contributed by atoms with Crippen molar-refractivity contribution in [1.82, 2.24) is 5.32 Å². The zero-order valence-electron chi connectivity index (χ0n) is 15.7. The van der Waals surface area contributed by atoms with Crippen molar-refractivity contribution < 1.29 is 19.1 Å². The van der Waals surface area contributed by atoms with Crippen LogP contribution in [0.15, 0.2) is 60.7 Å². The van der Waals surface area contributed by atoms with Crippen LogP contribution in [0.3, 0.4) is 0 Å². The number of esters is 1. The number of carbonyl (C=O) groups excluding carboxylic acids is 3. The second kappa shape index (κ2) is 10.3. The molecule has 2 rings (SSSR count). The molecule has 2 aromatic rings. The van der Waals surface area contributed by atoms with E-state index < -0.39 is 6.04 Å². The average Bonchev–Trinajstić information content (AvgIpc) is 2.66. The number of ether oxygens (including phenoxy) is 1. The number of amides is 1. The van der Waals surface area contributed by atoms with Crippen molar-refractivity contribution in [3.63, 3.8) is 0 Å². The van der Waals surface area contributed by atoms with E-state index in [9.17, 15) is 14.4 Å². The lowest BCUT2D eigenvalue weighted by Crippen LogP contribution is -2.31. The highest BCUT2D eigenvalue weighted by atomic mass is 16.5. The Morgan fingerprint density at radius 1 is 0.889 bits per heavy atom. The van der Waals surface area contributed by atoms with Gasteiger partial charge in [-0.3, -0.25) is 14.4 Å². The number of hydrogen-bond acceptors (Lipinski definition) is 4. The van der Waals surface area contributed by atoms with E-state index in [2.05, 4.69) is 5.32 Å². The fraction of sp³-hybridized carbons (Fsp3) is 0.318. The first kappa shape index (κ1) is 20.4.